The maximum atomic E-state index is 12.6. The van der Waals surface area contributed by atoms with Crippen molar-refractivity contribution in [2.45, 2.75) is 19.3 Å². The number of carbonyl (C=O) groups is 1. The molecule has 1 atom stereocenters. The molecule has 1 N–H and O–H groups in total. The van der Waals surface area contributed by atoms with Crippen LogP contribution in [0.4, 0.5) is 0 Å². The third-order valence-corrected chi connectivity index (χ3v) is 4.38. The summed E-state index contributed by atoms with van der Waals surface area (Å²) in [4.78, 5) is 14.5. The SMILES string of the molecule is COc1cc(OC)cc([C@@H]2CCN(C(=O)c3cn[nH]c3C)C2)c1. The van der Waals surface area contributed by atoms with Crippen LogP contribution < -0.4 is 9.47 Å². The predicted octanol–water partition coefficient (Wildman–Crippen LogP) is 2.37. The van der Waals surface area contributed by atoms with Crippen LogP contribution in [0.1, 0.15) is 34.0 Å². The Balaban J connectivity index is 1.77. The number of likely N-dealkylation sites (tertiary alicyclic amines) is 1. The molecule has 0 aliphatic carbocycles. The standard InChI is InChI=1S/C17H21N3O3/c1-11-16(9-18-19-11)17(21)20-5-4-12(10-20)13-6-14(22-2)8-15(7-13)23-3/h6-9,12H,4-5,10H2,1-3H3,(H,18,19)/t12-/m1/s1. The van der Waals surface area contributed by atoms with E-state index in [2.05, 4.69) is 10.2 Å². The van der Waals surface area contributed by atoms with Gasteiger partial charge < -0.3 is 14.4 Å². The van der Waals surface area contributed by atoms with Crippen molar-refractivity contribution < 1.29 is 14.3 Å². The number of hydrogen-bond donors (Lipinski definition) is 1. The van der Waals surface area contributed by atoms with E-state index < -0.39 is 0 Å². The van der Waals surface area contributed by atoms with E-state index in [-0.39, 0.29) is 11.8 Å². The van der Waals surface area contributed by atoms with Crippen LogP contribution in [0.25, 0.3) is 0 Å². The molecule has 1 fully saturated rings. The predicted molar refractivity (Wildman–Crippen MR) is 86.1 cm³/mol. The quantitative estimate of drug-likeness (QED) is 0.940. The highest BCUT2D eigenvalue weighted by molar-refractivity contribution is 5.95. The molecular weight excluding hydrogens is 294 g/mol. The van der Waals surface area contributed by atoms with E-state index in [1.165, 1.54) is 0 Å². The molecule has 1 aromatic heterocycles. The Morgan fingerprint density at radius 1 is 1.26 bits per heavy atom. The van der Waals surface area contributed by atoms with Gasteiger partial charge in [0.25, 0.3) is 5.91 Å². The zero-order valence-electron chi connectivity index (χ0n) is 13.6. The second-order valence-corrected chi connectivity index (χ2v) is 5.79. The molecule has 0 saturated carbocycles. The highest BCUT2D eigenvalue weighted by atomic mass is 16.5. The highest BCUT2D eigenvalue weighted by Crippen LogP contribution is 2.33. The minimum Gasteiger partial charge on any atom is -0.497 e. The van der Waals surface area contributed by atoms with E-state index in [1.807, 2.05) is 30.0 Å². The average molecular weight is 315 g/mol. The maximum Gasteiger partial charge on any atom is 0.257 e. The number of aromatic amines is 1. The summed E-state index contributed by atoms with van der Waals surface area (Å²) in [7, 11) is 3.29. The summed E-state index contributed by atoms with van der Waals surface area (Å²) in [5.41, 5.74) is 2.59. The van der Waals surface area contributed by atoms with Gasteiger partial charge in [-0.1, -0.05) is 0 Å². The molecule has 0 unspecified atom stereocenters. The molecule has 1 amide bonds. The van der Waals surface area contributed by atoms with E-state index >= 15 is 0 Å². The minimum atomic E-state index is 0.0358. The lowest BCUT2D eigenvalue weighted by Crippen LogP contribution is -2.28. The highest BCUT2D eigenvalue weighted by Gasteiger charge is 2.29. The van der Waals surface area contributed by atoms with Gasteiger partial charge in [-0.3, -0.25) is 9.89 Å². The molecule has 6 nitrogen and oxygen atoms in total. The van der Waals surface area contributed by atoms with Gasteiger partial charge in [0.1, 0.15) is 11.5 Å². The molecule has 0 spiro atoms. The first kappa shape index (κ1) is 15.4. The lowest BCUT2D eigenvalue weighted by Gasteiger charge is -2.17. The molecule has 0 radical (unpaired) electrons. The summed E-state index contributed by atoms with van der Waals surface area (Å²) in [6.45, 7) is 3.30. The van der Waals surface area contributed by atoms with E-state index in [0.29, 0.717) is 12.1 Å². The zero-order chi connectivity index (χ0) is 16.4. The van der Waals surface area contributed by atoms with Gasteiger partial charge in [0, 0.05) is 30.8 Å². The summed E-state index contributed by atoms with van der Waals surface area (Å²) in [6, 6.07) is 5.89. The van der Waals surface area contributed by atoms with Crippen molar-refractivity contribution in [3.05, 3.63) is 41.2 Å². The molecule has 3 rings (SSSR count). The topological polar surface area (TPSA) is 67.5 Å². The molecule has 1 aliphatic heterocycles. The number of hydrogen-bond acceptors (Lipinski definition) is 4. The molecule has 0 bridgehead atoms. The number of carbonyl (C=O) groups excluding carboxylic acids is 1. The molecule has 1 aromatic carbocycles. The van der Waals surface area contributed by atoms with Crippen molar-refractivity contribution in [3.8, 4) is 11.5 Å². The number of nitrogens with zero attached hydrogens (tertiary/aromatic N) is 2. The Hall–Kier alpha value is -2.50. The van der Waals surface area contributed by atoms with E-state index in [0.717, 1.165) is 35.7 Å². The lowest BCUT2D eigenvalue weighted by atomic mass is 9.98. The Labute approximate surface area is 135 Å². The Morgan fingerprint density at radius 3 is 2.52 bits per heavy atom. The number of methoxy groups -OCH3 is 2. The van der Waals surface area contributed by atoms with Gasteiger partial charge >= 0.3 is 0 Å². The molecule has 1 saturated heterocycles. The average Bonchev–Trinajstić information content (AvgIpc) is 3.22. The normalized spacial score (nSPS) is 17.3. The first-order chi connectivity index (χ1) is 11.1. The third-order valence-electron chi connectivity index (χ3n) is 4.38. The van der Waals surface area contributed by atoms with Gasteiger partial charge in [0.15, 0.2) is 0 Å². The number of rotatable bonds is 4. The minimum absolute atomic E-state index is 0.0358. The van der Waals surface area contributed by atoms with Crippen LogP contribution >= 0.6 is 0 Å². The molecule has 122 valence electrons. The van der Waals surface area contributed by atoms with Crippen molar-refractivity contribution >= 4 is 5.91 Å². The van der Waals surface area contributed by atoms with E-state index in [4.69, 9.17) is 9.47 Å². The monoisotopic (exact) mass is 315 g/mol. The van der Waals surface area contributed by atoms with E-state index in [9.17, 15) is 4.79 Å². The van der Waals surface area contributed by atoms with Gasteiger partial charge in [0.2, 0.25) is 0 Å². The number of aryl methyl sites for hydroxylation is 1. The van der Waals surface area contributed by atoms with Crippen molar-refractivity contribution in [2.24, 2.45) is 0 Å². The van der Waals surface area contributed by atoms with Crippen LogP contribution in [0.2, 0.25) is 0 Å². The Kier molecular flexibility index (Phi) is 4.23. The van der Waals surface area contributed by atoms with Gasteiger partial charge in [-0.2, -0.15) is 5.10 Å². The fraction of sp³-hybridized carbons (Fsp3) is 0.412. The number of amides is 1. The smallest absolute Gasteiger partial charge is 0.257 e. The second kappa shape index (κ2) is 6.32. The van der Waals surface area contributed by atoms with Gasteiger partial charge in [-0.15, -0.1) is 0 Å². The van der Waals surface area contributed by atoms with Crippen molar-refractivity contribution in [2.75, 3.05) is 27.3 Å². The fourth-order valence-electron chi connectivity index (χ4n) is 3.02. The number of benzene rings is 1. The first-order valence-corrected chi connectivity index (χ1v) is 7.64. The van der Waals surface area contributed by atoms with Gasteiger partial charge in [0.05, 0.1) is 26.0 Å². The number of H-pyrrole nitrogens is 1. The third kappa shape index (κ3) is 3.02. The largest absolute Gasteiger partial charge is 0.497 e. The molecular formula is C17H21N3O3. The number of ether oxygens (including phenoxy) is 2. The number of nitrogens with one attached hydrogen (secondary N) is 1. The summed E-state index contributed by atoms with van der Waals surface area (Å²) in [6.07, 6.45) is 2.53. The molecule has 23 heavy (non-hydrogen) atoms. The lowest BCUT2D eigenvalue weighted by molar-refractivity contribution is 0.0790. The summed E-state index contributed by atoms with van der Waals surface area (Å²) in [5.74, 6) is 1.87. The van der Waals surface area contributed by atoms with Crippen LogP contribution in [0, 0.1) is 6.92 Å². The summed E-state index contributed by atoms with van der Waals surface area (Å²) < 4.78 is 10.7. The van der Waals surface area contributed by atoms with Crippen LogP contribution in [-0.2, 0) is 0 Å². The van der Waals surface area contributed by atoms with Gasteiger partial charge in [-0.05, 0) is 31.0 Å². The zero-order valence-corrected chi connectivity index (χ0v) is 13.6. The van der Waals surface area contributed by atoms with Crippen molar-refractivity contribution in [1.82, 2.24) is 15.1 Å². The Bertz CT molecular complexity index is 689. The van der Waals surface area contributed by atoms with Crippen molar-refractivity contribution in [3.63, 3.8) is 0 Å². The van der Waals surface area contributed by atoms with Crippen LogP contribution in [0.3, 0.4) is 0 Å². The Morgan fingerprint density at radius 2 is 1.96 bits per heavy atom. The van der Waals surface area contributed by atoms with Crippen LogP contribution in [0.15, 0.2) is 24.4 Å². The van der Waals surface area contributed by atoms with Crippen molar-refractivity contribution in [1.29, 1.82) is 0 Å². The molecule has 2 heterocycles. The molecule has 2 aromatic rings. The first-order valence-electron chi connectivity index (χ1n) is 7.64. The molecule has 6 heteroatoms. The second-order valence-electron chi connectivity index (χ2n) is 5.79. The van der Waals surface area contributed by atoms with Gasteiger partial charge in [-0.25, -0.2) is 0 Å². The fourth-order valence-corrected chi connectivity index (χ4v) is 3.02. The van der Waals surface area contributed by atoms with Crippen LogP contribution in [0.5, 0.6) is 11.5 Å². The van der Waals surface area contributed by atoms with E-state index in [1.54, 1.807) is 20.4 Å². The summed E-state index contributed by atoms with van der Waals surface area (Å²) in [5, 5.41) is 6.75. The molecule has 1 aliphatic rings. The van der Waals surface area contributed by atoms with Crippen LogP contribution in [-0.4, -0.2) is 48.3 Å². The maximum absolute atomic E-state index is 12.6. The number of aromatic nitrogens is 2. The summed E-state index contributed by atoms with van der Waals surface area (Å²) >= 11 is 0.